The number of aromatic nitrogens is 3. The largest absolute Gasteiger partial charge is 0.324 e. The Kier molecular flexibility index (Phi) is 7.71. The number of carbonyl (C=O) groups is 1. The van der Waals surface area contributed by atoms with Crippen molar-refractivity contribution >= 4 is 39.7 Å². The first-order valence-electron chi connectivity index (χ1n) is 14.1. The predicted octanol–water partition coefficient (Wildman–Crippen LogP) is 5.33. The molecule has 41 heavy (non-hydrogen) atoms. The zero-order valence-electron chi connectivity index (χ0n) is 23.4. The minimum absolute atomic E-state index is 0.000314. The number of aryl methyl sites for hydroxylation is 1. The Morgan fingerprint density at radius 1 is 1.15 bits per heavy atom. The molecule has 0 bridgehead atoms. The number of rotatable bonds is 6. The molecule has 0 aliphatic carbocycles. The molecule has 4 heterocycles. The molecule has 1 saturated heterocycles. The van der Waals surface area contributed by atoms with Crippen molar-refractivity contribution < 1.29 is 9.18 Å². The van der Waals surface area contributed by atoms with Crippen LogP contribution in [0.15, 0.2) is 67.0 Å². The molecule has 8 nitrogen and oxygen atoms in total. The number of nitrogens with zero attached hydrogens (tertiary/aromatic N) is 5. The number of benzene rings is 2. The number of carbonyl (C=O) groups excluding carboxylic acids is 1. The number of anilines is 3. The molecule has 1 atom stereocenters. The van der Waals surface area contributed by atoms with E-state index in [4.69, 9.17) is 0 Å². The molecule has 9 heteroatoms. The highest BCUT2D eigenvalue weighted by Crippen LogP contribution is 2.32. The fourth-order valence-electron chi connectivity index (χ4n) is 5.69. The minimum atomic E-state index is -0.611. The van der Waals surface area contributed by atoms with Crippen molar-refractivity contribution in [2.24, 2.45) is 0 Å². The second-order valence-electron chi connectivity index (χ2n) is 10.8. The van der Waals surface area contributed by atoms with Crippen LogP contribution in [0.3, 0.4) is 0 Å². The molecule has 0 radical (unpaired) electrons. The Morgan fingerprint density at radius 3 is 2.80 bits per heavy atom. The van der Waals surface area contributed by atoms with Crippen molar-refractivity contribution in [3.63, 3.8) is 0 Å². The van der Waals surface area contributed by atoms with Gasteiger partial charge in [0, 0.05) is 43.1 Å². The summed E-state index contributed by atoms with van der Waals surface area (Å²) in [6.07, 6.45) is 8.24. The van der Waals surface area contributed by atoms with Crippen LogP contribution in [0.4, 0.5) is 21.8 Å². The van der Waals surface area contributed by atoms with Gasteiger partial charge in [0.25, 0.3) is 5.91 Å². The lowest BCUT2D eigenvalue weighted by Gasteiger charge is -2.35. The maximum absolute atomic E-state index is 15.7. The number of pyridine rings is 1. The van der Waals surface area contributed by atoms with Crippen LogP contribution in [0, 0.1) is 12.7 Å². The van der Waals surface area contributed by atoms with Crippen LogP contribution >= 0.6 is 0 Å². The molecule has 1 fully saturated rings. The molecular formula is C32H34FN7O. The second-order valence-corrected chi connectivity index (χ2v) is 10.8. The zero-order valence-corrected chi connectivity index (χ0v) is 23.4. The number of hydrogen-bond donors (Lipinski definition) is 2. The molecule has 2 N–H and O–H groups in total. The molecule has 0 unspecified atom stereocenters. The van der Waals surface area contributed by atoms with Crippen LogP contribution in [-0.2, 0) is 0 Å². The van der Waals surface area contributed by atoms with Gasteiger partial charge >= 0.3 is 0 Å². The number of likely N-dealkylation sites (N-methyl/N-ethyl adjacent to an activating group) is 1. The summed E-state index contributed by atoms with van der Waals surface area (Å²) in [5, 5.41) is 8.40. The van der Waals surface area contributed by atoms with Gasteiger partial charge in [-0.15, -0.1) is 0 Å². The lowest BCUT2D eigenvalue weighted by atomic mass is 10.0. The van der Waals surface area contributed by atoms with E-state index in [1.54, 1.807) is 23.4 Å². The summed E-state index contributed by atoms with van der Waals surface area (Å²) >= 11 is 0. The smallest absolute Gasteiger partial charge is 0.262 e. The highest BCUT2D eigenvalue weighted by Gasteiger charge is 2.31. The Hall–Kier alpha value is -4.21. The lowest BCUT2D eigenvalue weighted by Crippen LogP contribution is -2.49. The van der Waals surface area contributed by atoms with Crippen molar-refractivity contribution in [1.82, 2.24) is 25.2 Å². The standard InChI is InChI=1S/C32H34FN7O/c1-21-5-3-6-23-10-15-35-30(29(21)23)40(25-7-4-14-34-20-25)31(41)26-9-8-24(19-27(26)33)37-32-36-16-11-28(38-32)22-12-17-39(2)18-13-22/h3,5-6,8-12,15-16,19,25,34H,4,7,13-14,17-18,20H2,1-2H3,(H,36,37,38)/t25-/m1/s1. The van der Waals surface area contributed by atoms with Gasteiger partial charge in [-0.3, -0.25) is 9.69 Å². The Bertz CT molecular complexity index is 1610. The number of hydrogen-bond acceptors (Lipinski definition) is 7. The molecule has 210 valence electrons. The van der Waals surface area contributed by atoms with Gasteiger partial charge < -0.3 is 15.5 Å². The molecule has 4 aromatic rings. The first-order chi connectivity index (χ1) is 20.0. The van der Waals surface area contributed by atoms with Crippen LogP contribution in [0.2, 0.25) is 0 Å². The van der Waals surface area contributed by atoms with Crippen LogP contribution in [-0.4, -0.2) is 65.0 Å². The summed E-state index contributed by atoms with van der Waals surface area (Å²) in [7, 11) is 2.09. The first-order valence-corrected chi connectivity index (χ1v) is 14.1. The van der Waals surface area contributed by atoms with Crippen molar-refractivity contribution in [2.45, 2.75) is 32.2 Å². The number of piperidine rings is 1. The van der Waals surface area contributed by atoms with E-state index in [1.165, 1.54) is 17.7 Å². The van der Waals surface area contributed by atoms with Crippen LogP contribution in [0.25, 0.3) is 16.3 Å². The van der Waals surface area contributed by atoms with Crippen LogP contribution in [0.1, 0.15) is 40.9 Å². The summed E-state index contributed by atoms with van der Waals surface area (Å²) in [4.78, 5) is 31.7. The second kappa shape index (κ2) is 11.7. The highest BCUT2D eigenvalue weighted by molar-refractivity contribution is 6.11. The molecule has 2 aliphatic heterocycles. The van der Waals surface area contributed by atoms with E-state index in [0.717, 1.165) is 60.9 Å². The topological polar surface area (TPSA) is 86.3 Å². The average Bonchev–Trinajstić information content (AvgIpc) is 2.98. The third-order valence-corrected chi connectivity index (χ3v) is 7.91. The number of halogens is 1. The van der Waals surface area contributed by atoms with Crippen molar-refractivity contribution in [3.8, 4) is 0 Å². The molecule has 2 aromatic heterocycles. The normalized spacial score (nSPS) is 17.7. The maximum atomic E-state index is 15.7. The van der Waals surface area contributed by atoms with E-state index in [0.29, 0.717) is 24.0 Å². The summed E-state index contributed by atoms with van der Waals surface area (Å²) in [6.45, 7) is 5.38. The molecule has 0 saturated carbocycles. The van der Waals surface area contributed by atoms with E-state index in [2.05, 4.69) is 43.6 Å². The summed E-state index contributed by atoms with van der Waals surface area (Å²) in [5.74, 6) is -0.0705. The highest BCUT2D eigenvalue weighted by atomic mass is 19.1. The fraction of sp³-hybridized carbons (Fsp3) is 0.312. The Labute approximate surface area is 239 Å². The van der Waals surface area contributed by atoms with Gasteiger partial charge in [-0.25, -0.2) is 19.3 Å². The third kappa shape index (κ3) is 5.68. The van der Waals surface area contributed by atoms with Crippen LogP contribution < -0.4 is 15.5 Å². The Morgan fingerprint density at radius 2 is 2.02 bits per heavy atom. The molecule has 0 spiro atoms. The molecule has 2 aromatic carbocycles. The van der Waals surface area contributed by atoms with Gasteiger partial charge in [0.15, 0.2) is 0 Å². The quantitative estimate of drug-likeness (QED) is 0.335. The van der Waals surface area contributed by atoms with Gasteiger partial charge in [-0.2, -0.15) is 0 Å². The molecule has 2 aliphatic rings. The van der Waals surface area contributed by atoms with Gasteiger partial charge in [0.2, 0.25) is 5.95 Å². The summed E-state index contributed by atoms with van der Waals surface area (Å²) in [5.41, 5.74) is 3.52. The number of fused-ring (bicyclic) bond motifs is 1. The predicted molar refractivity (Wildman–Crippen MR) is 161 cm³/mol. The number of nitrogens with one attached hydrogen (secondary N) is 2. The monoisotopic (exact) mass is 551 g/mol. The minimum Gasteiger partial charge on any atom is -0.324 e. The molecular weight excluding hydrogens is 517 g/mol. The van der Waals surface area contributed by atoms with Gasteiger partial charge in [-0.05, 0) is 86.6 Å². The lowest BCUT2D eigenvalue weighted by molar-refractivity contribution is 0.0968. The fourth-order valence-corrected chi connectivity index (χ4v) is 5.69. The molecule has 6 rings (SSSR count). The van der Waals surface area contributed by atoms with E-state index in [1.807, 2.05) is 37.3 Å². The summed E-state index contributed by atoms with van der Waals surface area (Å²) < 4.78 is 15.7. The van der Waals surface area contributed by atoms with Crippen LogP contribution in [0.5, 0.6) is 0 Å². The van der Waals surface area contributed by atoms with Gasteiger partial charge in [-0.1, -0.05) is 24.3 Å². The SMILES string of the molecule is Cc1cccc2ccnc(N(C(=O)c3ccc(Nc4nccc(C5=CCN(C)CC5)n4)cc3F)[C@@H]3CCCNC3)c12. The van der Waals surface area contributed by atoms with E-state index in [-0.39, 0.29) is 11.6 Å². The Balaban J connectivity index is 1.30. The van der Waals surface area contributed by atoms with Crippen molar-refractivity contribution in [3.05, 3.63) is 89.6 Å². The third-order valence-electron chi connectivity index (χ3n) is 7.91. The van der Waals surface area contributed by atoms with Crippen molar-refractivity contribution in [1.29, 1.82) is 0 Å². The van der Waals surface area contributed by atoms with E-state index >= 15 is 4.39 Å². The number of amides is 1. The van der Waals surface area contributed by atoms with E-state index < -0.39 is 11.7 Å². The van der Waals surface area contributed by atoms with E-state index in [9.17, 15) is 4.79 Å². The average molecular weight is 552 g/mol. The van der Waals surface area contributed by atoms with Gasteiger partial charge in [0.1, 0.15) is 11.6 Å². The van der Waals surface area contributed by atoms with Crippen molar-refractivity contribution in [2.75, 3.05) is 43.4 Å². The maximum Gasteiger partial charge on any atom is 0.262 e. The summed E-state index contributed by atoms with van der Waals surface area (Å²) in [6, 6.07) is 14.3. The zero-order chi connectivity index (χ0) is 28.3. The first kappa shape index (κ1) is 27.0. The molecule has 1 amide bonds. The van der Waals surface area contributed by atoms with Gasteiger partial charge in [0.05, 0.1) is 17.3 Å².